The number of furan rings is 1. The highest BCUT2D eigenvalue weighted by atomic mass is 16.3. The van der Waals surface area contributed by atoms with Crippen LogP contribution < -0.4 is 5.32 Å². The van der Waals surface area contributed by atoms with Crippen LogP contribution in [0.25, 0.3) is 11.3 Å². The van der Waals surface area contributed by atoms with Gasteiger partial charge >= 0.3 is 6.03 Å². The standard InChI is InChI=1S/C22H28N4O2/c1-15(2)19-13-26(14-20(19)24-22(27)25(3)4)12-17-9-10-21(28-17)18-8-6-5-7-16(18)11-23/h5-10,15,19-20H,12-14H2,1-4H3,(H,24,27)/t19-,20+/m0/s1. The van der Waals surface area contributed by atoms with Crippen molar-refractivity contribution in [2.75, 3.05) is 27.2 Å². The number of carbonyl (C=O) groups is 1. The maximum atomic E-state index is 12.1. The molecule has 6 heteroatoms. The lowest BCUT2D eigenvalue weighted by molar-refractivity contribution is 0.207. The van der Waals surface area contributed by atoms with Crippen molar-refractivity contribution in [1.29, 1.82) is 5.26 Å². The molecule has 3 rings (SSSR count). The van der Waals surface area contributed by atoms with Gasteiger partial charge < -0.3 is 14.6 Å². The molecule has 2 heterocycles. The van der Waals surface area contributed by atoms with Crippen molar-refractivity contribution in [3.05, 3.63) is 47.7 Å². The van der Waals surface area contributed by atoms with Gasteiger partial charge in [-0.1, -0.05) is 26.0 Å². The monoisotopic (exact) mass is 380 g/mol. The molecule has 0 saturated carbocycles. The molecular weight excluding hydrogens is 352 g/mol. The van der Waals surface area contributed by atoms with Crippen LogP contribution >= 0.6 is 0 Å². The molecule has 0 radical (unpaired) electrons. The number of carbonyl (C=O) groups excluding carboxylic acids is 1. The molecule has 148 valence electrons. The van der Waals surface area contributed by atoms with Gasteiger partial charge in [0.2, 0.25) is 0 Å². The van der Waals surface area contributed by atoms with Gasteiger partial charge in [0.15, 0.2) is 0 Å². The molecule has 1 aliphatic rings. The summed E-state index contributed by atoms with van der Waals surface area (Å²) >= 11 is 0. The van der Waals surface area contributed by atoms with Crippen molar-refractivity contribution in [2.45, 2.75) is 26.4 Å². The van der Waals surface area contributed by atoms with E-state index in [1.165, 1.54) is 0 Å². The Morgan fingerprint density at radius 3 is 2.71 bits per heavy atom. The Bertz CT molecular complexity index is 865. The second-order valence-electron chi connectivity index (χ2n) is 7.98. The third-order valence-electron chi connectivity index (χ3n) is 5.37. The fourth-order valence-electron chi connectivity index (χ4n) is 3.78. The number of nitrogens with one attached hydrogen (secondary N) is 1. The van der Waals surface area contributed by atoms with E-state index >= 15 is 0 Å². The van der Waals surface area contributed by atoms with Crippen molar-refractivity contribution in [2.24, 2.45) is 11.8 Å². The predicted molar refractivity (Wildman–Crippen MR) is 108 cm³/mol. The summed E-state index contributed by atoms with van der Waals surface area (Å²) < 4.78 is 6.04. The van der Waals surface area contributed by atoms with Crippen molar-refractivity contribution < 1.29 is 9.21 Å². The molecular formula is C22H28N4O2. The van der Waals surface area contributed by atoms with Gasteiger partial charge in [0.25, 0.3) is 0 Å². The number of hydrogen-bond donors (Lipinski definition) is 1. The lowest BCUT2D eigenvalue weighted by Crippen LogP contribution is -2.46. The highest BCUT2D eigenvalue weighted by molar-refractivity contribution is 5.74. The molecule has 1 aromatic heterocycles. The molecule has 6 nitrogen and oxygen atoms in total. The third-order valence-corrected chi connectivity index (χ3v) is 5.37. The molecule has 28 heavy (non-hydrogen) atoms. The van der Waals surface area contributed by atoms with E-state index in [-0.39, 0.29) is 12.1 Å². The summed E-state index contributed by atoms with van der Waals surface area (Å²) in [6.07, 6.45) is 0. The Kier molecular flexibility index (Phi) is 6.05. The number of nitriles is 1. The summed E-state index contributed by atoms with van der Waals surface area (Å²) in [5, 5.41) is 12.5. The van der Waals surface area contributed by atoms with Gasteiger partial charge in [0, 0.05) is 38.8 Å². The average Bonchev–Trinajstić information content (AvgIpc) is 3.29. The summed E-state index contributed by atoms with van der Waals surface area (Å²) in [4.78, 5) is 16.0. The Labute approximate surface area is 166 Å². The maximum absolute atomic E-state index is 12.1. The summed E-state index contributed by atoms with van der Waals surface area (Å²) in [5.74, 6) is 2.46. The molecule has 1 saturated heterocycles. The van der Waals surface area contributed by atoms with Gasteiger partial charge in [-0.25, -0.2) is 4.79 Å². The first-order valence-electron chi connectivity index (χ1n) is 9.67. The molecule has 1 aromatic carbocycles. The van der Waals surface area contributed by atoms with Crippen molar-refractivity contribution in [1.82, 2.24) is 15.1 Å². The van der Waals surface area contributed by atoms with Gasteiger partial charge in [-0.2, -0.15) is 5.26 Å². The lowest BCUT2D eigenvalue weighted by atomic mass is 9.91. The number of likely N-dealkylation sites (tertiary alicyclic amines) is 1. The first kappa shape index (κ1) is 20.0. The summed E-state index contributed by atoms with van der Waals surface area (Å²) in [7, 11) is 3.52. The second-order valence-corrected chi connectivity index (χ2v) is 7.98. The zero-order chi connectivity index (χ0) is 20.3. The van der Waals surface area contributed by atoms with E-state index in [1.54, 1.807) is 25.1 Å². The van der Waals surface area contributed by atoms with Gasteiger partial charge in [-0.15, -0.1) is 0 Å². The van der Waals surface area contributed by atoms with Gasteiger partial charge in [0.1, 0.15) is 11.5 Å². The fourth-order valence-corrected chi connectivity index (χ4v) is 3.78. The minimum Gasteiger partial charge on any atom is -0.460 e. The Morgan fingerprint density at radius 1 is 1.29 bits per heavy atom. The Morgan fingerprint density at radius 2 is 2.04 bits per heavy atom. The Hall–Kier alpha value is -2.78. The minimum absolute atomic E-state index is 0.0501. The number of hydrogen-bond acceptors (Lipinski definition) is 4. The number of rotatable bonds is 5. The fraction of sp³-hybridized carbons (Fsp3) is 0.455. The minimum atomic E-state index is -0.0501. The van der Waals surface area contributed by atoms with Crippen LogP contribution in [-0.2, 0) is 6.54 Å². The van der Waals surface area contributed by atoms with E-state index < -0.39 is 0 Å². The van der Waals surface area contributed by atoms with Gasteiger partial charge in [0.05, 0.1) is 18.2 Å². The van der Waals surface area contributed by atoms with E-state index in [0.29, 0.717) is 29.7 Å². The summed E-state index contributed by atoms with van der Waals surface area (Å²) in [6, 6.07) is 13.6. The van der Waals surface area contributed by atoms with Crippen LogP contribution in [0.4, 0.5) is 4.79 Å². The normalized spacial score (nSPS) is 19.6. The van der Waals surface area contributed by atoms with Crippen LogP contribution in [0.3, 0.4) is 0 Å². The van der Waals surface area contributed by atoms with E-state index in [4.69, 9.17) is 4.42 Å². The third kappa shape index (κ3) is 4.37. The van der Waals surface area contributed by atoms with E-state index in [0.717, 1.165) is 24.4 Å². The largest absolute Gasteiger partial charge is 0.460 e. The number of benzene rings is 1. The first-order chi connectivity index (χ1) is 13.4. The highest BCUT2D eigenvalue weighted by Crippen LogP contribution is 2.29. The lowest BCUT2D eigenvalue weighted by Gasteiger charge is -2.24. The number of nitrogens with zero attached hydrogens (tertiary/aromatic N) is 3. The molecule has 2 amide bonds. The quantitative estimate of drug-likeness (QED) is 0.861. The first-order valence-corrected chi connectivity index (χ1v) is 9.67. The second kappa shape index (κ2) is 8.49. The topological polar surface area (TPSA) is 72.5 Å². The summed E-state index contributed by atoms with van der Waals surface area (Å²) in [6.45, 7) is 6.81. The highest BCUT2D eigenvalue weighted by Gasteiger charge is 2.36. The van der Waals surface area contributed by atoms with Gasteiger partial charge in [-0.05, 0) is 36.1 Å². The molecule has 0 aliphatic carbocycles. The van der Waals surface area contributed by atoms with Crippen LogP contribution in [-0.4, -0.2) is 49.1 Å². The SMILES string of the molecule is CC(C)[C@@H]1CN(Cc2ccc(-c3ccccc3C#N)o2)C[C@H]1NC(=O)N(C)C. The maximum Gasteiger partial charge on any atom is 0.317 e. The van der Waals surface area contributed by atoms with E-state index in [1.807, 2.05) is 30.3 Å². The van der Waals surface area contributed by atoms with E-state index in [2.05, 4.69) is 30.1 Å². The van der Waals surface area contributed by atoms with Crippen molar-refractivity contribution in [3.63, 3.8) is 0 Å². The van der Waals surface area contributed by atoms with Gasteiger partial charge in [-0.3, -0.25) is 4.90 Å². The number of urea groups is 1. The molecule has 1 aliphatic heterocycles. The van der Waals surface area contributed by atoms with Crippen LogP contribution in [0, 0.1) is 23.2 Å². The molecule has 1 fully saturated rings. The molecule has 2 atom stereocenters. The predicted octanol–water partition coefficient (Wildman–Crippen LogP) is 3.55. The van der Waals surface area contributed by atoms with Crippen molar-refractivity contribution in [3.8, 4) is 17.4 Å². The molecule has 0 unspecified atom stereocenters. The molecule has 0 spiro atoms. The Balaban J connectivity index is 1.70. The molecule has 2 aromatic rings. The van der Waals surface area contributed by atoms with Crippen LogP contribution in [0.15, 0.2) is 40.8 Å². The van der Waals surface area contributed by atoms with Crippen molar-refractivity contribution >= 4 is 6.03 Å². The van der Waals surface area contributed by atoms with Crippen LogP contribution in [0.2, 0.25) is 0 Å². The zero-order valence-corrected chi connectivity index (χ0v) is 17.0. The molecule has 1 N–H and O–H groups in total. The molecule has 0 bridgehead atoms. The van der Waals surface area contributed by atoms with Crippen LogP contribution in [0.1, 0.15) is 25.2 Å². The average molecular weight is 380 g/mol. The summed E-state index contributed by atoms with van der Waals surface area (Å²) in [5.41, 5.74) is 1.42. The smallest absolute Gasteiger partial charge is 0.317 e. The van der Waals surface area contributed by atoms with E-state index in [9.17, 15) is 10.1 Å². The number of amides is 2. The zero-order valence-electron chi connectivity index (χ0n) is 17.0. The van der Waals surface area contributed by atoms with Crippen LogP contribution in [0.5, 0.6) is 0 Å².